The van der Waals surface area contributed by atoms with Crippen LogP contribution in [0.4, 0.5) is 5.69 Å². The molecule has 1 aliphatic rings. The highest BCUT2D eigenvalue weighted by atomic mass is 35.5. The lowest BCUT2D eigenvalue weighted by molar-refractivity contribution is -0.140. The summed E-state index contributed by atoms with van der Waals surface area (Å²) in [4.78, 5) is 30.2. The van der Waals surface area contributed by atoms with Crippen molar-refractivity contribution in [3.05, 3.63) is 119 Å². The van der Waals surface area contributed by atoms with E-state index in [1.54, 1.807) is 48.5 Å². The van der Waals surface area contributed by atoms with Crippen LogP contribution in [0.15, 0.2) is 108 Å². The van der Waals surface area contributed by atoms with Gasteiger partial charge < -0.3 is 19.7 Å². The van der Waals surface area contributed by atoms with Crippen molar-refractivity contribution in [1.82, 2.24) is 10.2 Å². The number of sulfonamides is 1. The number of para-hydroxylation sites is 1. The second kappa shape index (κ2) is 16.0. The van der Waals surface area contributed by atoms with Crippen LogP contribution in [0.2, 0.25) is 5.02 Å². The molecule has 48 heavy (non-hydrogen) atoms. The first-order valence-electron chi connectivity index (χ1n) is 15.9. The molecule has 1 fully saturated rings. The molecule has 0 unspecified atom stereocenters. The highest BCUT2D eigenvalue weighted by Gasteiger charge is 2.36. The second-order valence-corrected chi connectivity index (χ2v) is 13.9. The van der Waals surface area contributed by atoms with Crippen molar-refractivity contribution in [2.45, 2.75) is 55.6 Å². The smallest absolute Gasteiger partial charge is 0.264 e. The Bertz CT molecular complexity index is 1800. The number of hydrogen-bond donors (Lipinski definition) is 1. The predicted molar refractivity (Wildman–Crippen MR) is 187 cm³/mol. The Morgan fingerprint density at radius 3 is 2.12 bits per heavy atom. The van der Waals surface area contributed by atoms with Gasteiger partial charge in [-0.25, -0.2) is 8.42 Å². The van der Waals surface area contributed by atoms with Crippen molar-refractivity contribution in [2.24, 2.45) is 0 Å². The minimum atomic E-state index is -4.32. The van der Waals surface area contributed by atoms with Gasteiger partial charge in [0.25, 0.3) is 10.0 Å². The third-order valence-corrected chi connectivity index (χ3v) is 10.7. The second-order valence-electron chi connectivity index (χ2n) is 11.7. The molecule has 1 saturated carbocycles. The fraction of sp³-hybridized carbons (Fsp3) is 0.297. The molecule has 9 nitrogen and oxygen atoms in total. The Morgan fingerprint density at radius 2 is 1.48 bits per heavy atom. The van der Waals surface area contributed by atoms with E-state index in [9.17, 15) is 18.0 Å². The lowest BCUT2D eigenvalue weighted by atomic mass is 10.0. The van der Waals surface area contributed by atoms with Gasteiger partial charge in [-0.3, -0.25) is 13.9 Å². The third kappa shape index (κ3) is 8.29. The molecule has 0 bridgehead atoms. The maximum atomic E-state index is 14.7. The summed E-state index contributed by atoms with van der Waals surface area (Å²) in [6.45, 7) is -0.583. The molecular formula is C37H40ClN3O6S. The first-order valence-corrected chi connectivity index (χ1v) is 17.7. The van der Waals surface area contributed by atoms with Gasteiger partial charge in [0.15, 0.2) is 11.5 Å². The van der Waals surface area contributed by atoms with Gasteiger partial charge in [-0.1, -0.05) is 91.2 Å². The van der Waals surface area contributed by atoms with Crippen LogP contribution < -0.4 is 19.1 Å². The van der Waals surface area contributed by atoms with Crippen LogP contribution in [0.1, 0.15) is 36.8 Å². The number of hydrogen-bond acceptors (Lipinski definition) is 6. The summed E-state index contributed by atoms with van der Waals surface area (Å²) in [5, 5.41) is 3.61. The Hall–Kier alpha value is -4.54. The number of benzene rings is 4. The van der Waals surface area contributed by atoms with Crippen LogP contribution >= 0.6 is 11.6 Å². The molecule has 252 valence electrons. The molecule has 4 aromatic rings. The highest BCUT2D eigenvalue weighted by Crippen LogP contribution is 2.32. The van der Waals surface area contributed by atoms with Crippen LogP contribution in [-0.4, -0.2) is 58.0 Å². The van der Waals surface area contributed by atoms with Crippen LogP contribution in [0.3, 0.4) is 0 Å². The van der Waals surface area contributed by atoms with E-state index in [1.165, 1.54) is 37.3 Å². The zero-order valence-electron chi connectivity index (χ0n) is 27.0. The first-order chi connectivity index (χ1) is 23.2. The lowest BCUT2D eigenvalue weighted by Gasteiger charge is -2.34. The maximum absolute atomic E-state index is 14.7. The van der Waals surface area contributed by atoms with Gasteiger partial charge in [0, 0.05) is 30.1 Å². The van der Waals surface area contributed by atoms with Gasteiger partial charge >= 0.3 is 0 Å². The predicted octanol–water partition coefficient (Wildman–Crippen LogP) is 6.25. The van der Waals surface area contributed by atoms with Crippen molar-refractivity contribution >= 4 is 39.1 Å². The molecule has 2 amide bonds. The summed E-state index contributed by atoms with van der Waals surface area (Å²) >= 11 is 6.60. The number of rotatable bonds is 14. The minimum absolute atomic E-state index is 0.00682. The van der Waals surface area contributed by atoms with Gasteiger partial charge in [-0.15, -0.1) is 0 Å². The van der Waals surface area contributed by atoms with E-state index in [0.717, 1.165) is 35.6 Å². The molecule has 0 heterocycles. The summed E-state index contributed by atoms with van der Waals surface area (Å²) in [6.07, 6.45) is 4.01. The number of nitrogens with one attached hydrogen (secondary N) is 1. The van der Waals surface area contributed by atoms with E-state index in [-0.39, 0.29) is 41.2 Å². The van der Waals surface area contributed by atoms with Gasteiger partial charge in [0.2, 0.25) is 11.8 Å². The zero-order chi connectivity index (χ0) is 34.1. The Balaban J connectivity index is 1.57. The molecule has 5 rings (SSSR count). The molecule has 0 saturated heterocycles. The van der Waals surface area contributed by atoms with Gasteiger partial charge in [-0.05, 0) is 54.3 Å². The molecule has 0 radical (unpaired) electrons. The summed E-state index contributed by atoms with van der Waals surface area (Å²) in [5.74, 6) is -0.267. The normalized spacial score (nSPS) is 13.8. The molecule has 1 atom stereocenters. The SMILES string of the molecule is COc1ccc(S(=O)(=O)N(CC(=O)N(Cc2ccccc2Cl)[C@@H](Cc2ccccc2)C(=O)NC2CCCC2)c2ccccc2)cc1OC. The van der Waals surface area contributed by atoms with E-state index in [1.807, 2.05) is 36.4 Å². The fourth-order valence-electron chi connectivity index (χ4n) is 5.96. The topological polar surface area (TPSA) is 105 Å². The van der Waals surface area contributed by atoms with Gasteiger partial charge in [0.1, 0.15) is 12.6 Å². The zero-order valence-corrected chi connectivity index (χ0v) is 28.6. The Morgan fingerprint density at radius 1 is 0.854 bits per heavy atom. The Labute approximate surface area is 287 Å². The van der Waals surface area contributed by atoms with E-state index in [0.29, 0.717) is 16.3 Å². The van der Waals surface area contributed by atoms with Crippen molar-refractivity contribution in [3.8, 4) is 11.5 Å². The molecule has 11 heteroatoms. The third-order valence-electron chi connectivity index (χ3n) is 8.54. The number of carbonyl (C=O) groups is 2. The average Bonchev–Trinajstić information content (AvgIpc) is 3.62. The van der Waals surface area contributed by atoms with E-state index < -0.39 is 28.5 Å². The largest absolute Gasteiger partial charge is 0.493 e. The molecule has 1 aliphatic carbocycles. The minimum Gasteiger partial charge on any atom is -0.493 e. The number of ether oxygens (including phenoxy) is 2. The maximum Gasteiger partial charge on any atom is 0.264 e. The molecule has 1 N–H and O–H groups in total. The summed E-state index contributed by atoms with van der Waals surface area (Å²) in [5.41, 5.74) is 1.78. The average molecular weight is 690 g/mol. The number of halogens is 1. The fourth-order valence-corrected chi connectivity index (χ4v) is 7.58. The molecular weight excluding hydrogens is 650 g/mol. The standard InChI is InChI=1S/C37H40ClN3O6S/c1-46-34-22-21-31(24-35(34)47-2)48(44,45)41(30-18-7-4-8-19-30)26-36(42)40(25-28-15-9-12-20-32(28)38)33(23-27-13-5-3-6-14-27)37(43)39-29-16-10-11-17-29/h3-9,12-15,18-22,24,29,33H,10-11,16-17,23,25-26H2,1-2H3,(H,39,43)/t33-/m0/s1. The number of nitrogens with zero attached hydrogens (tertiary/aromatic N) is 2. The van der Waals surface area contributed by atoms with Crippen molar-refractivity contribution in [2.75, 3.05) is 25.1 Å². The molecule has 0 spiro atoms. The Kier molecular flexibility index (Phi) is 11.6. The molecule has 4 aromatic carbocycles. The van der Waals surface area contributed by atoms with Crippen LogP contribution in [0.5, 0.6) is 11.5 Å². The summed E-state index contributed by atoms with van der Waals surface area (Å²) < 4.78 is 40.5. The van der Waals surface area contributed by atoms with Gasteiger partial charge in [0.05, 0.1) is 24.8 Å². The van der Waals surface area contributed by atoms with Crippen molar-refractivity contribution < 1.29 is 27.5 Å². The van der Waals surface area contributed by atoms with Crippen molar-refractivity contribution in [1.29, 1.82) is 0 Å². The van der Waals surface area contributed by atoms with E-state index in [4.69, 9.17) is 21.1 Å². The first kappa shape index (κ1) is 34.8. The van der Waals surface area contributed by atoms with Crippen LogP contribution in [-0.2, 0) is 32.6 Å². The van der Waals surface area contributed by atoms with Crippen molar-refractivity contribution in [3.63, 3.8) is 0 Å². The number of amides is 2. The number of anilines is 1. The molecule has 0 aromatic heterocycles. The van der Waals surface area contributed by atoms with Crippen LogP contribution in [0.25, 0.3) is 0 Å². The number of carbonyl (C=O) groups excluding carboxylic acids is 2. The number of methoxy groups -OCH3 is 2. The highest BCUT2D eigenvalue weighted by molar-refractivity contribution is 7.92. The summed E-state index contributed by atoms with van der Waals surface area (Å²) in [7, 11) is -1.44. The quantitative estimate of drug-likeness (QED) is 0.168. The molecule has 0 aliphatic heterocycles. The van der Waals surface area contributed by atoms with Gasteiger partial charge in [-0.2, -0.15) is 0 Å². The lowest BCUT2D eigenvalue weighted by Crippen LogP contribution is -2.54. The van der Waals surface area contributed by atoms with E-state index >= 15 is 0 Å². The van der Waals surface area contributed by atoms with E-state index in [2.05, 4.69) is 5.32 Å². The van der Waals surface area contributed by atoms with Crippen LogP contribution in [0, 0.1) is 0 Å². The monoisotopic (exact) mass is 689 g/mol. The summed E-state index contributed by atoms with van der Waals surface area (Å²) in [6, 6.07) is 28.4.